The van der Waals surface area contributed by atoms with Crippen LogP contribution < -0.4 is 0 Å². The van der Waals surface area contributed by atoms with Gasteiger partial charge in [-0.3, -0.25) is 0 Å². The number of imidazole rings is 1. The third-order valence-corrected chi connectivity index (χ3v) is 2.99. The van der Waals surface area contributed by atoms with Crippen molar-refractivity contribution in [2.24, 2.45) is 0 Å². The van der Waals surface area contributed by atoms with E-state index in [2.05, 4.69) is 10.1 Å². The highest BCUT2D eigenvalue weighted by Gasteiger charge is 2.12. The molecule has 2 aromatic heterocycles. The van der Waals surface area contributed by atoms with Crippen molar-refractivity contribution in [1.82, 2.24) is 14.7 Å². The monoisotopic (exact) mass is 269 g/mol. The predicted molar refractivity (Wildman–Crippen MR) is 70.8 cm³/mol. The molecule has 6 nitrogen and oxygen atoms in total. The zero-order valence-electron chi connectivity index (χ0n) is 10.6. The molecule has 0 saturated carbocycles. The summed E-state index contributed by atoms with van der Waals surface area (Å²) >= 11 is 0. The van der Waals surface area contributed by atoms with Gasteiger partial charge in [-0.2, -0.15) is 0 Å². The summed E-state index contributed by atoms with van der Waals surface area (Å²) in [6.07, 6.45) is 3.61. The molecule has 0 aliphatic heterocycles. The predicted octanol–water partition coefficient (Wildman–Crippen LogP) is 2.53. The Morgan fingerprint density at radius 2 is 2.05 bits per heavy atom. The lowest BCUT2D eigenvalue weighted by Gasteiger charge is -2.05. The molecule has 1 N–H and O–H groups in total. The van der Waals surface area contributed by atoms with Gasteiger partial charge in [-0.1, -0.05) is 5.16 Å². The second-order valence-corrected chi connectivity index (χ2v) is 4.27. The molecular formula is C14H11N3O3. The number of hydrogen-bond donors (Lipinski definition) is 1. The minimum Gasteiger partial charge on any atom is -0.476 e. The molecule has 0 saturated heterocycles. The summed E-state index contributed by atoms with van der Waals surface area (Å²) in [6.45, 7) is 1.92. The maximum atomic E-state index is 10.8. The summed E-state index contributed by atoms with van der Waals surface area (Å²) in [5.74, 6) is 0.215. The Hall–Kier alpha value is -2.89. The van der Waals surface area contributed by atoms with Gasteiger partial charge < -0.3 is 14.2 Å². The number of rotatable bonds is 3. The van der Waals surface area contributed by atoms with Crippen LogP contribution in [0.5, 0.6) is 0 Å². The number of nitrogens with zero attached hydrogens (tertiary/aromatic N) is 3. The van der Waals surface area contributed by atoms with Crippen LogP contribution in [0.15, 0.2) is 47.2 Å². The number of carbonyl (C=O) groups is 1. The van der Waals surface area contributed by atoms with E-state index < -0.39 is 5.97 Å². The Morgan fingerprint density at radius 1 is 1.30 bits per heavy atom. The van der Waals surface area contributed by atoms with E-state index in [0.29, 0.717) is 5.76 Å². The van der Waals surface area contributed by atoms with Gasteiger partial charge in [-0.15, -0.1) is 0 Å². The summed E-state index contributed by atoms with van der Waals surface area (Å²) < 4.78 is 6.97. The molecule has 2 heterocycles. The SMILES string of the molecule is Cc1nccn1-c1ccc(-c2cc(C(=O)O)no2)cc1. The van der Waals surface area contributed by atoms with E-state index in [1.165, 1.54) is 6.07 Å². The van der Waals surface area contributed by atoms with Crippen molar-refractivity contribution in [3.63, 3.8) is 0 Å². The van der Waals surface area contributed by atoms with Gasteiger partial charge in [0.15, 0.2) is 11.5 Å². The fraction of sp³-hybridized carbons (Fsp3) is 0.0714. The lowest BCUT2D eigenvalue weighted by atomic mass is 10.1. The summed E-state index contributed by atoms with van der Waals surface area (Å²) in [4.78, 5) is 14.9. The first-order valence-electron chi connectivity index (χ1n) is 5.96. The molecule has 0 aliphatic rings. The van der Waals surface area contributed by atoms with Crippen molar-refractivity contribution in [2.45, 2.75) is 6.92 Å². The summed E-state index contributed by atoms with van der Waals surface area (Å²) in [5.41, 5.74) is 1.64. The van der Waals surface area contributed by atoms with E-state index in [4.69, 9.17) is 9.63 Å². The Morgan fingerprint density at radius 3 is 2.60 bits per heavy atom. The lowest BCUT2D eigenvalue weighted by molar-refractivity contribution is 0.0686. The minimum atomic E-state index is -1.11. The van der Waals surface area contributed by atoms with E-state index in [1.807, 2.05) is 42.0 Å². The molecule has 1 aromatic carbocycles. The normalized spacial score (nSPS) is 10.7. The Balaban J connectivity index is 1.93. The third-order valence-electron chi connectivity index (χ3n) is 2.99. The van der Waals surface area contributed by atoms with Crippen LogP contribution in [0.25, 0.3) is 17.0 Å². The average molecular weight is 269 g/mol. The smallest absolute Gasteiger partial charge is 0.358 e. The van der Waals surface area contributed by atoms with Crippen molar-refractivity contribution >= 4 is 5.97 Å². The van der Waals surface area contributed by atoms with Gasteiger partial charge in [0.1, 0.15) is 5.82 Å². The van der Waals surface area contributed by atoms with E-state index in [-0.39, 0.29) is 5.69 Å². The maximum Gasteiger partial charge on any atom is 0.358 e. The molecule has 0 amide bonds. The van der Waals surface area contributed by atoms with Crippen molar-refractivity contribution in [3.8, 4) is 17.0 Å². The Labute approximate surface area is 114 Å². The largest absolute Gasteiger partial charge is 0.476 e. The van der Waals surface area contributed by atoms with Gasteiger partial charge in [0.2, 0.25) is 0 Å². The van der Waals surface area contributed by atoms with E-state index in [0.717, 1.165) is 17.1 Å². The van der Waals surface area contributed by atoms with Crippen molar-refractivity contribution < 1.29 is 14.4 Å². The molecule has 3 rings (SSSR count). The van der Waals surface area contributed by atoms with Crippen LogP contribution in [0.3, 0.4) is 0 Å². The Bertz CT molecular complexity index is 756. The molecule has 6 heteroatoms. The number of hydrogen-bond acceptors (Lipinski definition) is 4. The minimum absolute atomic E-state index is 0.102. The standard InChI is InChI=1S/C14H11N3O3/c1-9-15-6-7-17(9)11-4-2-10(3-5-11)13-8-12(14(18)19)16-20-13/h2-8H,1H3,(H,18,19). The van der Waals surface area contributed by atoms with Gasteiger partial charge in [-0.05, 0) is 31.2 Å². The summed E-state index contributed by atoms with van der Waals surface area (Å²) in [5, 5.41) is 12.3. The number of aromatic carboxylic acids is 1. The first kappa shape index (κ1) is 12.2. The van der Waals surface area contributed by atoms with E-state index >= 15 is 0 Å². The first-order valence-corrected chi connectivity index (χ1v) is 5.96. The molecule has 3 aromatic rings. The zero-order valence-corrected chi connectivity index (χ0v) is 10.6. The van der Waals surface area contributed by atoms with Crippen molar-refractivity contribution in [2.75, 3.05) is 0 Å². The highest BCUT2D eigenvalue weighted by molar-refractivity contribution is 5.86. The van der Waals surface area contributed by atoms with Crippen LogP contribution in [0.2, 0.25) is 0 Å². The van der Waals surface area contributed by atoms with E-state index in [1.54, 1.807) is 6.20 Å². The Kier molecular flexibility index (Phi) is 2.83. The van der Waals surface area contributed by atoms with Crippen molar-refractivity contribution in [1.29, 1.82) is 0 Å². The number of carboxylic acid groups (broad SMARTS) is 1. The zero-order chi connectivity index (χ0) is 14.1. The molecule has 0 spiro atoms. The van der Waals surface area contributed by atoms with Gasteiger partial charge in [0.25, 0.3) is 0 Å². The maximum absolute atomic E-state index is 10.8. The summed E-state index contributed by atoms with van der Waals surface area (Å²) in [6, 6.07) is 8.92. The first-order chi connectivity index (χ1) is 9.65. The molecule has 20 heavy (non-hydrogen) atoms. The number of aromatic nitrogens is 3. The molecule has 0 radical (unpaired) electrons. The highest BCUT2D eigenvalue weighted by atomic mass is 16.5. The van der Waals surface area contributed by atoms with Crippen LogP contribution >= 0.6 is 0 Å². The lowest BCUT2D eigenvalue weighted by Crippen LogP contribution is -1.95. The van der Waals surface area contributed by atoms with Gasteiger partial charge in [0.05, 0.1) is 0 Å². The fourth-order valence-corrected chi connectivity index (χ4v) is 1.95. The quantitative estimate of drug-likeness (QED) is 0.790. The fourth-order valence-electron chi connectivity index (χ4n) is 1.95. The third kappa shape index (κ3) is 2.07. The second kappa shape index (κ2) is 4.65. The van der Waals surface area contributed by atoms with E-state index in [9.17, 15) is 4.79 Å². The van der Waals surface area contributed by atoms with Gasteiger partial charge in [-0.25, -0.2) is 9.78 Å². The number of benzene rings is 1. The molecule has 0 bridgehead atoms. The number of carboxylic acids is 1. The summed E-state index contributed by atoms with van der Waals surface area (Å²) in [7, 11) is 0. The topological polar surface area (TPSA) is 81.2 Å². The molecule has 100 valence electrons. The van der Waals surface area contributed by atoms with Crippen LogP contribution in [-0.4, -0.2) is 25.8 Å². The molecular weight excluding hydrogens is 258 g/mol. The van der Waals surface area contributed by atoms with Gasteiger partial charge in [0, 0.05) is 29.7 Å². The molecule has 0 unspecified atom stereocenters. The second-order valence-electron chi connectivity index (χ2n) is 4.27. The van der Waals surface area contributed by atoms with Crippen LogP contribution in [-0.2, 0) is 0 Å². The van der Waals surface area contributed by atoms with Crippen LogP contribution in [0.4, 0.5) is 0 Å². The highest BCUT2D eigenvalue weighted by Crippen LogP contribution is 2.22. The molecule has 0 fully saturated rings. The van der Waals surface area contributed by atoms with Gasteiger partial charge >= 0.3 is 5.97 Å². The van der Waals surface area contributed by atoms with Crippen molar-refractivity contribution in [3.05, 3.63) is 54.2 Å². The van der Waals surface area contributed by atoms with Crippen LogP contribution in [0, 0.1) is 6.92 Å². The van der Waals surface area contributed by atoms with Crippen LogP contribution in [0.1, 0.15) is 16.3 Å². The number of aryl methyl sites for hydroxylation is 1. The molecule has 0 atom stereocenters. The average Bonchev–Trinajstić information content (AvgIpc) is 3.07. The molecule has 0 aliphatic carbocycles.